The van der Waals surface area contributed by atoms with Gasteiger partial charge in [-0.3, -0.25) is 0 Å². The molecule has 0 aliphatic rings. The zero-order valence-electron chi connectivity index (χ0n) is 14.3. The first kappa shape index (κ1) is 18.5. The van der Waals surface area contributed by atoms with Crippen LogP contribution in [-0.4, -0.2) is 39.6 Å². The highest BCUT2D eigenvalue weighted by atomic mass is 35.5. The van der Waals surface area contributed by atoms with Crippen molar-refractivity contribution in [3.8, 4) is 0 Å². The molecule has 25 heavy (non-hydrogen) atoms. The molecule has 1 heterocycles. The molecule has 2 aromatic carbocycles. The van der Waals surface area contributed by atoms with Crippen LogP contribution in [0.25, 0.3) is 21.8 Å². The molecule has 0 radical (unpaired) electrons. The molecule has 0 amide bonds. The molecule has 3 rings (SSSR count). The second kappa shape index (κ2) is 7.14. The Morgan fingerprint density at radius 1 is 1.04 bits per heavy atom. The molecule has 134 valence electrons. The Morgan fingerprint density at radius 2 is 1.56 bits per heavy atom. The minimum atomic E-state index is -0.545. The Bertz CT molecular complexity index is 846. The second-order valence-electron chi connectivity index (χ2n) is 7.17. The first-order valence-electron chi connectivity index (χ1n) is 8.31. The number of hydrogen-bond donors (Lipinski definition) is 3. The van der Waals surface area contributed by atoms with Crippen LogP contribution in [-0.2, 0) is 6.54 Å². The minimum Gasteiger partial charge on any atom is -0.390 e. The molecule has 1 unspecified atom stereocenters. The van der Waals surface area contributed by atoms with E-state index in [0.29, 0.717) is 23.1 Å². The van der Waals surface area contributed by atoms with Crippen molar-refractivity contribution in [3.63, 3.8) is 0 Å². The summed E-state index contributed by atoms with van der Waals surface area (Å²) in [6.07, 6.45) is -0.545. The summed E-state index contributed by atoms with van der Waals surface area (Å²) in [6, 6.07) is 11.5. The summed E-state index contributed by atoms with van der Waals surface area (Å²) >= 11 is 12.3. The van der Waals surface area contributed by atoms with Crippen LogP contribution in [0, 0.1) is 0 Å². The average Bonchev–Trinajstić information content (AvgIpc) is 2.86. The van der Waals surface area contributed by atoms with Crippen molar-refractivity contribution in [2.45, 2.75) is 32.0 Å². The highest BCUT2D eigenvalue weighted by molar-refractivity contribution is 6.33. The van der Waals surface area contributed by atoms with E-state index in [4.69, 9.17) is 23.2 Å². The van der Waals surface area contributed by atoms with Crippen LogP contribution in [0.15, 0.2) is 36.4 Å². The van der Waals surface area contributed by atoms with Gasteiger partial charge in [-0.05, 0) is 50.2 Å². The maximum atomic E-state index is 10.5. The quantitative estimate of drug-likeness (QED) is 0.614. The minimum absolute atomic E-state index is 0.0616. The SMILES string of the molecule is CC(C)(CO)[NH2+]CC(O)Cn1c2ccc(Cl)cc2c2cc(Cl)ccc21. The number of nitrogens with zero attached hydrogens (tertiary/aromatic N) is 1. The van der Waals surface area contributed by atoms with Crippen molar-refractivity contribution < 1.29 is 15.5 Å². The summed E-state index contributed by atoms with van der Waals surface area (Å²) in [6.45, 7) is 4.93. The molecular weight excluding hydrogens is 359 g/mol. The van der Waals surface area contributed by atoms with Gasteiger partial charge < -0.3 is 20.1 Å². The summed E-state index contributed by atoms with van der Waals surface area (Å²) in [5, 5.41) is 25.2. The molecule has 4 nitrogen and oxygen atoms in total. The van der Waals surface area contributed by atoms with E-state index in [1.54, 1.807) is 0 Å². The fraction of sp³-hybridized carbons (Fsp3) is 0.368. The summed E-state index contributed by atoms with van der Waals surface area (Å²) in [7, 11) is 0. The lowest BCUT2D eigenvalue weighted by atomic mass is 10.1. The van der Waals surface area contributed by atoms with E-state index in [1.165, 1.54) is 0 Å². The van der Waals surface area contributed by atoms with E-state index in [2.05, 4.69) is 4.57 Å². The van der Waals surface area contributed by atoms with Gasteiger partial charge in [0.05, 0.1) is 13.2 Å². The molecule has 4 N–H and O–H groups in total. The fourth-order valence-electron chi connectivity index (χ4n) is 3.05. The van der Waals surface area contributed by atoms with Crippen LogP contribution < -0.4 is 5.32 Å². The van der Waals surface area contributed by atoms with E-state index in [9.17, 15) is 10.2 Å². The van der Waals surface area contributed by atoms with Crippen LogP contribution >= 0.6 is 23.2 Å². The number of aromatic nitrogens is 1. The number of nitrogens with two attached hydrogens (primary N) is 1. The third-order valence-electron chi connectivity index (χ3n) is 4.53. The number of hydrogen-bond acceptors (Lipinski definition) is 2. The molecule has 6 heteroatoms. The standard InChI is InChI=1S/C19H22Cl2N2O2/c1-19(2,11-24)22-9-14(25)10-23-17-5-3-12(20)7-15(17)16-8-13(21)4-6-18(16)23/h3-8,14,22,24-25H,9-11H2,1-2H3/p+1. The summed E-state index contributed by atoms with van der Waals surface area (Å²) < 4.78 is 2.10. The Balaban J connectivity index is 1.97. The Labute approximate surface area is 157 Å². The number of fused-ring (bicyclic) bond motifs is 3. The molecule has 0 saturated carbocycles. The third-order valence-corrected chi connectivity index (χ3v) is 5.00. The molecule has 0 aliphatic heterocycles. The molecule has 1 aromatic heterocycles. The Kier molecular flexibility index (Phi) is 5.28. The topological polar surface area (TPSA) is 62.0 Å². The van der Waals surface area contributed by atoms with Crippen LogP contribution in [0.5, 0.6) is 0 Å². The molecule has 0 aliphatic carbocycles. The van der Waals surface area contributed by atoms with Crippen LogP contribution in [0.1, 0.15) is 13.8 Å². The number of aliphatic hydroxyl groups is 2. The van der Waals surface area contributed by atoms with Gasteiger partial charge in [-0.25, -0.2) is 0 Å². The Morgan fingerprint density at radius 3 is 2.04 bits per heavy atom. The molecular formula is C19H23Cl2N2O2+. The highest BCUT2D eigenvalue weighted by Gasteiger charge is 2.22. The van der Waals surface area contributed by atoms with Gasteiger partial charge in [-0.15, -0.1) is 0 Å². The largest absolute Gasteiger partial charge is 0.390 e. The van der Waals surface area contributed by atoms with Crippen molar-refractivity contribution in [3.05, 3.63) is 46.4 Å². The van der Waals surface area contributed by atoms with Gasteiger partial charge in [0.1, 0.15) is 18.2 Å². The molecule has 1 atom stereocenters. The summed E-state index contributed by atoms with van der Waals surface area (Å²) in [4.78, 5) is 0. The Hall–Kier alpha value is -1.30. The van der Waals surface area contributed by atoms with Crippen molar-refractivity contribution >= 4 is 45.0 Å². The summed E-state index contributed by atoms with van der Waals surface area (Å²) in [5.74, 6) is 0. The smallest absolute Gasteiger partial charge is 0.121 e. The first-order valence-corrected chi connectivity index (χ1v) is 9.06. The number of benzene rings is 2. The number of quaternary nitrogens is 1. The van der Waals surface area contributed by atoms with E-state index < -0.39 is 6.10 Å². The van der Waals surface area contributed by atoms with Crippen LogP contribution in [0.2, 0.25) is 10.0 Å². The van der Waals surface area contributed by atoms with E-state index in [0.717, 1.165) is 21.8 Å². The van der Waals surface area contributed by atoms with Gasteiger partial charge in [-0.1, -0.05) is 23.2 Å². The first-order chi connectivity index (χ1) is 11.8. The zero-order valence-corrected chi connectivity index (χ0v) is 15.8. The van der Waals surface area contributed by atoms with E-state index in [-0.39, 0.29) is 12.1 Å². The van der Waals surface area contributed by atoms with Gasteiger partial charge in [0.15, 0.2) is 0 Å². The average molecular weight is 382 g/mol. The van der Waals surface area contributed by atoms with Gasteiger partial charge >= 0.3 is 0 Å². The van der Waals surface area contributed by atoms with Crippen molar-refractivity contribution in [2.24, 2.45) is 0 Å². The van der Waals surface area contributed by atoms with Crippen molar-refractivity contribution in [1.29, 1.82) is 0 Å². The normalized spacial score (nSPS) is 13.7. The lowest BCUT2D eigenvalue weighted by Crippen LogP contribution is -2.97. The van der Waals surface area contributed by atoms with Crippen LogP contribution in [0.3, 0.4) is 0 Å². The van der Waals surface area contributed by atoms with E-state index >= 15 is 0 Å². The molecule has 3 aromatic rings. The predicted molar refractivity (Wildman–Crippen MR) is 103 cm³/mol. The molecule has 0 bridgehead atoms. The van der Waals surface area contributed by atoms with Crippen LogP contribution in [0.4, 0.5) is 0 Å². The second-order valence-corrected chi connectivity index (χ2v) is 8.05. The lowest BCUT2D eigenvalue weighted by Gasteiger charge is -2.22. The number of aliphatic hydroxyl groups excluding tert-OH is 2. The fourth-order valence-corrected chi connectivity index (χ4v) is 3.39. The zero-order chi connectivity index (χ0) is 18.2. The van der Waals surface area contributed by atoms with E-state index in [1.807, 2.05) is 55.6 Å². The monoisotopic (exact) mass is 381 g/mol. The maximum absolute atomic E-state index is 10.5. The number of halogens is 2. The lowest BCUT2D eigenvalue weighted by molar-refractivity contribution is -0.727. The third kappa shape index (κ3) is 3.94. The summed E-state index contributed by atoms with van der Waals surface area (Å²) in [5.41, 5.74) is 1.73. The molecule has 0 spiro atoms. The van der Waals surface area contributed by atoms with Gasteiger partial charge in [0.2, 0.25) is 0 Å². The predicted octanol–water partition coefficient (Wildman–Crippen LogP) is 2.80. The van der Waals surface area contributed by atoms with Crippen molar-refractivity contribution in [2.75, 3.05) is 13.2 Å². The highest BCUT2D eigenvalue weighted by Crippen LogP contribution is 2.32. The van der Waals surface area contributed by atoms with Crippen molar-refractivity contribution in [1.82, 2.24) is 4.57 Å². The number of rotatable bonds is 6. The van der Waals surface area contributed by atoms with Gasteiger partial charge in [-0.2, -0.15) is 0 Å². The van der Waals surface area contributed by atoms with Gasteiger partial charge in [0.25, 0.3) is 0 Å². The van der Waals surface area contributed by atoms with Gasteiger partial charge in [0, 0.05) is 31.9 Å². The molecule has 0 fully saturated rings. The maximum Gasteiger partial charge on any atom is 0.121 e. The molecule has 0 saturated heterocycles.